The van der Waals surface area contributed by atoms with E-state index in [0.717, 1.165) is 6.20 Å². The molecule has 0 unspecified atom stereocenters. The Labute approximate surface area is 75.5 Å². The number of aliphatic carboxylic acids is 1. The first-order valence-electron chi connectivity index (χ1n) is 3.11. The van der Waals surface area contributed by atoms with Crippen molar-refractivity contribution in [3.8, 4) is 0 Å². The van der Waals surface area contributed by atoms with Gasteiger partial charge in [-0.25, -0.2) is 0 Å². The molecule has 0 aromatic carbocycles. The predicted molar refractivity (Wildman–Crippen MR) is 39.0 cm³/mol. The minimum atomic E-state index is -4.51. The van der Waals surface area contributed by atoms with Crippen LogP contribution in [0, 0.1) is 0 Å². The average Bonchev–Trinajstić information content (AvgIpc) is 2.32. The van der Waals surface area contributed by atoms with E-state index >= 15 is 0 Å². The van der Waals surface area contributed by atoms with Crippen LogP contribution in [0.2, 0.25) is 0 Å². The quantitative estimate of drug-likeness (QED) is 0.536. The molecule has 4 nitrogen and oxygen atoms in total. The Balaban J connectivity index is 2.47. The molecule has 1 rings (SSSR count). The Bertz CT molecular complexity index is 253. The summed E-state index contributed by atoms with van der Waals surface area (Å²) < 4.78 is 35.7. The van der Waals surface area contributed by atoms with Crippen LogP contribution < -0.4 is 5.43 Å². The number of carbonyl (C=O) groups is 1. The van der Waals surface area contributed by atoms with E-state index in [-0.39, 0.29) is 9.32 Å². The van der Waals surface area contributed by atoms with Gasteiger partial charge in [0.25, 0.3) is 0 Å². The zero-order valence-electron chi connectivity index (χ0n) is 6.13. The van der Waals surface area contributed by atoms with Crippen LogP contribution in [0.1, 0.15) is 6.42 Å². The van der Waals surface area contributed by atoms with E-state index < -0.39 is 18.7 Å². The number of hydrogen-bond donors (Lipinski definition) is 2. The molecule has 0 radical (unpaired) electrons. The van der Waals surface area contributed by atoms with Gasteiger partial charge in [0.15, 0.2) is 0 Å². The molecular weight excluding hydrogens is 209 g/mol. The first-order valence-corrected chi connectivity index (χ1v) is 3.89. The number of hydrogen-bond acceptors (Lipinski definition) is 4. The summed E-state index contributed by atoms with van der Waals surface area (Å²) in [5, 5.41) is 8.28. The SMILES string of the molecule is O=C(O)CC1=CNN(C(F)(F)F)S1. The van der Waals surface area contributed by atoms with Crippen molar-refractivity contribution in [2.75, 3.05) is 0 Å². The molecule has 2 N–H and O–H groups in total. The lowest BCUT2D eigenvalue weighted by Gasteiger charge is -2.17. The van der Waals surface area contributed by atoms with Gasteiger partial charge in [0.2, 0.25) is 0 Å². The lowest BCUT2D eigenvalue weighted by molar-refractivity contribution is -0.216. The summed E-state index contributed by atoms with van der Waals surface area (Å²) in [6, 6.07) is 0. The number of carboxylic acids is 1. The molecule has 0 atom stereocenters. The summed E-state index contributed by atoms with van der Waals surface area (Å²) >= 11 is 0.323. The second kappa shape index (κ2) is 3.46. The molecule has 1 aliphatic heterocycles. The molecular formula is C5H5F3N2O2S. The number of rotatable bonds is 2. The van der Waals surface area contributed by atoms with Crippen LogP contribution in [0.4, 0.5) is 13.2 Å². The largest absolute Gasteiger partial charge is 0.487 e. The summed E-state index contributed by atoms with van der Waals surface area (Å²) in [4.78, 5) is 10.2. The zero-order chi connectivity index (χ0) is 10.1. The van der Waals surface area contributed by atoms with Crippen LogP contribution in [0.25, 0.3) is 0 Å². The predicted octanol–water partition coefficient (Wildman–Crippen LogP) is 1.29. The van der Waals surface area contributed by atoms with E-state index in [0.29, 0.717) is 11.9 Å². The fourth-order valence-electron chi connectivity index (χ4n) is 0.658. The Morgan fingerprint density at radius 3 is 2.69 bits per heavy atom. The zero-order valence-corrected chi connectivity index (χ0v) is 6.95. The van der Waals surface area contributed by atoms with E-state index in [9.17, 15) is 18.0 Å². The third kappa shape index (κ3) is 2.81. The number of hydrazine groups is 1. The molecule has 74 valence electrons. The van der Waals surface area contributed by atoms with E-state index in [1.54, 1.807) is 0 Å². The first kappa shape index (κ1) is 10.2. The fourth-order valence-corrected chi connectivity index (χ4v) is 1.39. The van der Waals surface area contributed by atoms with Gasteiger partial charge in [-0.15, -0.1) is 0 Å². The summed E-state index contributed by atoms with van der Waals surface area (Å²) in [5.41, 5.74) is 1.90. The third-order valence-electron chi connectivity index (χ3n) is 1.11. The Morgan fingerprint density at radius 1 is 1.69 bits per heavy atom. The Kier molecular flexibility index (Phi) is 2.71. The minimum absolute atomic E-state index is 0.0642. The van der Waals surface area contributed by atoms with Crippen molar-refractivity contribution in [2.45, 2.75) is 12.7 Å². The molecule has 0 aromatic heterocycles. The average molecular weight is 214 g/mol. The highest BCUT2D eigenvalue weighted by atomic mass is 32.2. The number of nitrogens with one attached hydrogen (secondary N) is 1. The van der Waals surface area contributed by atoms with Gasteiger partial charge >= 0.3 is 12.3 Å². The molecule has 1 heterocycles. The van der Waals surface area contributed by atoms with Gasteiger partial charge in [-0.3, -0.25) is 4.79 Å². The van der Waals surface area contributed by atoms with Gasteiger partial charge in [0.1, 0.15) is 0 Å². The fraction of sp³-hybridized carbons (Fsp3) is 0.400. The minimum Gasteiger partial charge on any atom is -0.481 e. The third-order valence-corrected chi connectivity index (χ3v) is 2.10. The molecule has 0 aliphatic carbocycles. The van der Waals surface area contributed by atoms with Crippen LogP contribution in [-0.4, -0.2) is 21.8 Å². The van der Waals surface area contributed by atoms with E-state index in [1.807, 2.05) is 5.43 Å². The number of nitrogens with zero attached hydrogens (tertiary/aromatic N) is 1. The molecule has 0 bridgehead atoms. The normalized spacial score (nSPS) is 18.2. The lowest BCUT2D eigenvalue weighted by atomic mass is 10.4. The monoisotopic (exact) mass is 214 g/mol. The van der Waals surface area contributed by atoms with Crippen molar-refractivity contribution < 1.29 is 23.1 Å². The highest BCUT2D eigenvalue weighted by Gasteiger charge is 2.41. The second-order valence-electron chi connectivity index (χ2n) is 2.16. The van der Waals surface area contributed by atoms with E-state index in [2.05, 4.69) is 0 Å². The maximum atomic E-state index is 11.9. The van der Waals surface area contributed by atoms with Gasteiger partial charge in [0.05, 0.1) is 6.42 Å². The van der Waals surface area contributed by atoms with E-state index in [4.69, 9.17) is 5.11 Å². The number of halogens is 3. The highest BCUT2D eigenvalue weighted by Crippen LogP contribution is 2.35. The molecule has 0 spiro atoms. The van der Waals surface area contributed by atoms with Crippen LogP contribution >= 0.6 is 11.9 Å². The maximum Gasteiger partial charge on any atom is 0.487 e. The molecule has 0 saturated carbocycles. The molecule has 0 saturated heterocycles. The molecule has 13 heavy (non-hydrogen) atoms. The number of carboxylic acid groups (broad SMARTS) is 1. The van der Waals surface area contributed by atoms with Gasteiger partial charge in [0, 0.05) is 11.1 Å². The van der Waals surface area contributed by atoms with E-state index in [1.165, 1.54) is 0 Å². The standard InChI is InChI=1S/C5H5F3N2O2S/c6-5(7,8)10-9-2-3(13-10)1-4(11)12/h2,9H,1H2,(H,11,12). The van der Waals surface area contributed by atoms with Crippen molar-refractivity contribution in [3.05, 3.63) is 11.1 Å². The summed E-state index contributed by atoms with van der Waals surface area (Å²) in [6.45, 7) is 0. The van der Waals surface area contributed by atoms with Crippen molar-refractivity contribution >= 4 is 17.9 Å². The van der Waals surface area contributed by atoms with Crippen molar-refractivity contribution in [1.82, 2.24) is 9.84 Å². The molecule has 8 heteroatoms. The van der Waals surface area contributed by atoms with Gasteiger partial charge in [-0.1, -0.05) is 4.41 Å². The lowest BCUT2D eigenvalue weighted by Crippen LogP contribution is -2.37. The molecule has 0 amide bonds. The van der Waals surface area contributed by atoms with Crippen molar-refractivity contribution in [1.29, 1.82) is 0 Å². The van der Waals surface area contributed by atoms with Crippen LogP contribution in [0.15, 0.2) is 11.1 Å². The maximum absolute atomic E-state index is 11.9. The van der Waals surface area contributed by atoms with Gasteiger partial charge in [-0.05, 0) is 11.9 Å². The first-order chi connectivity index (χ1) is 5.89. The summed E-state index contributed by atoms with van der Waals surface area (Å²) in [6.07, 6.45) is -3.90. The Morgan fingerprint density at radius 2 is 2.31 bits per heavy atom. The molecule has 1 aliphatic rings. The number of alkyl halides is 3. The topological polar surface area (TPSA) is 52.6 Å². The van der Waals surface area contributed by atoms with Crippen molar-refractivity contribution in [2.24, 2.45) is 0 Å². The smallest absolute Gasteiger partial charge is 0.481 e. The highest BCUT2D eigenvalue weighted by molar-refractivity contribution is 8.01. The summed E-state index contributed by atoms with van der Waals surface area (Å²) in [7, 11) is 0. The van der Waals surface area contributed by atoms with Crippen molar-refractivity contribution in [3.63, 3.8) is 0 Å². The van der Waals surface area contributed by atoms with Crippen LogP contribution in [0.5, 0.6) is 0 Å². The molecule has 0 fully saturated rings. The van der Waals surface area contributed by atoms with Crippen LogP contribution in [0.3, 0.4) is 0 Å². The second-order valence-corrected chi connectivity index (χ2v) is 3.24. The van der Waals surface area contributed by atoms with Gasteiger partial charge in [-0.2, -0.15) is 13.2 Å². The summed E-state index contributed by atoms with van der Waals surface area (Å²) in [5.74, 6) is -1.16. The van der Waals surface area contributed by atoms with Gasteiger partial charge < -0.3 is 10.5 Å². The van der Waals surface area contributed by atoms with Crippen LogP contribution in [-0.2, 0) is 4.79 Å². The molecule has 0 aromatic rings. The Hall–Kier alpha value is -0.890.